The first-order valence-electron chi connectivity index (χ1n) is 14.5. The van der Waals surface area contributed by atoms with E-state index in [0.29, 0.717) is 24.3 Å². The molecule has 4 aromatic rings. The minimum atomic E-state index is -4.55. The zero-order valence-electron chi connectivity index (χ0n) is 25.0. The maximum absolute atomic E-state index is 13.4. The average Bonchev–Trinajstić information content (AvgIpc) is 3.51. The number of carbonyl (C=O) groups excluding carboxylic acids is 2. The number of benzene rings is 4. The van der Waals surface area contributed by atoms with Crippen LogP contribution in [0.5, 0.6) is 5.75 Å². The molecule has 1 heterocycles. The van der Waals surface area contributed by atoms with Gasteiger partial charge in [-0.1, -0.05) is 81.6 Å². The fraction of sp³-hybridized carbons (Fsp3) is 0.212. The number of hydrogen-bond donors (Lipinski definition) is 3. The van der Waals surface area contributed by atoms with Crippen LogP contribution in [0.15, 0.2) is 100 Å². The monoisotopic (exact) mass is 740 g/mol. The van der Waals surface area contributed by atoms with E-state index in [1.807, 2.05) is 35.9 Å². The van der Waals surface area contributed by atoms with Gasteiger partial charge in [0.25, 0.3) is 21.6 Å². The minimum Gasteiger partial charge on any atom is -0.489 e. The van der Waals surface area contributed by atoms with Crippen molar-refractivity contribution >= 4 is 55.1 Å². The summed E-state index contributed by atoms with van der Waals surface area (Å²) in [5.41, 5.74) is 3.34. The summed E-state index contributed by atoms with van der Waals surface area (Å²) in [5, 5.41) is 16.8. The number of nitro benzene ring substituents is 1. The van der Waals surface area contributed by atoms with E-state index in [1.165, 1.54) is 5.56 Å². The molecule has 0 bridgehead atoms. The molecule has 2 amide bonds. The summed E-state index contributed by atoms with van der Waals surface area (Å²) in [6, 6.07) is 23.7. The van der Waals surface area contributed by atoms with Crippen LogP contribution in [0, 0.1) is 17.0 Å². The summed E-state index contributed by atoms with van der Waals surface area (Å²) in [6.07, 6.45) is -0.0396. The number of nitrogens with one attached hydrogen (secondary N) is 3. The van der Waals surface area contributed by atoms with Crippen molar-refractivity contribution in [3.63, 3.8) is 0 Å². The van der Waals surface area contributed by atoms with Gasteiger partial charge in [-0.3, -0.25) is 19.7 Å². The first-order chi connectivity index (χ1) is 22.4. The van der Waals surface area contributed by atoms with Crippen molar-refractivity contribution < 1.29 is 27.7 Å². The number of hydrogen-bond acceptors (Lipinski definition) is 8. The highest BCUT2D eigenvalue weighted by Crippen LogP contribution is 2.27. The van der Waals surface area contributed by atoms with E-state index in [2.05, 4.69) is 50.8 Å². The van der Waals surface area contributed by atoms with Gasteiger partial charge in [0.15, 0.2) is 0 Å². The van der Waals surface area contributed by atoms with Gasteiger partial charge >= 0.3 is 0 Å². The summed E-state index contributed by atoms with van der Waals surface area (Å²) in [4.78, 5) is 36.7. The minimum absolute atomic E-state index is 0.0267. The van der Waals surface area contributed by atoms with Crippen molar-refractivity contribution in [3.8, 4) is 16.9 Å². The molecule has 1 aliphatic rings. The lowest BCUT2D eigenvalue weighted by molar-refractivity contribution is -0.384. The molecule has 0 aliphatic carbocycles. The Morgan fingerprint density at radius 1 is 1.02 bits per heavy atom. The van der Waals surface area contributed by atoms with Crippen LogP contribution in [0.25, 0.3) is 11.1 Å². The Bertz CT molecular complexity index is 1890. The Morgan fingerprint density at radius 2 is 1.66 bits per heavy atom. The SMILES string of the molecule is Cc1ccc(-c2ccc(O[C@@H]3CN[C@H](C(=O)N[C@@H](Cc4ccc(Br)cc4)C(=O)NS(=O)(=O)c4ccc(Cl)c([N+](=O)[O-])c4)C3)cc2)cc1. The van der Waals surface area contributed by atoms with Crippen molar-refractivity contribution in [1.29, 1.82) is 0 Å². The lowest BCUT2D eigenvalue weighted by Gasteiger charge is -2.21. The number of sulfonamides is 1. The van der Waals surface area contributed by atoms with Crippen molar-refractivity contribution in [1.82, 2.24) is 15.4 Å². The normalized spacial score (nSPS) is 16.7. The third-order valence-electron chi connectivity index (χ3n) is 7.59. The fourth-order valence-electron chi connectivity index (χ4n) is 5.06. The van der Waals surface area contributed by atoms with E-state index in [1.54, 1.807) is 24.3 Å². The Hall–Kier alpha value is -4.30. The number of halogens is 2. The van der Waals surface area contributed by atoms with Gasteiger partial charge in [-0.2, -0.15) is 0 Å². The molecule has 4 aromatic carbocycles. The molecular formula is C33H30BrClN4O7S. The van der Waals surface area contributed by atoms with Crippen LogP contribution in [-0.4, -0.2) is 49.9 Å². The number of nitrogens with zero attached hydrogens (tertiary/aromatic N) is 1. The molecule has 5 rings (SSSR count). The standard InChI is InChI=1S/C33H30BrClN4O7S/c1-20-2-6-22(7-3-20)23-8-12-25(13-9-23)46-26-17-29(36-19-26)32(40)37-30(16-21-4-10-24(34)11-5-21)33(41)38-47(44,45)27-14-15-28(35)31(18-27)39(42)43/h2-15,18,26,29-30,36H,16-17,19H2,1H3,(H,37,40)(H,38,41)/t26-,29-,30-/m0/s1. The van der Waals surface area contributed by atoms with Crippen LogP contribution in [-0.2, 0) is 26.0 Å². The summed E-state index contributed by atoms with van der Waals surface area (Å²) in [6.45, 7) is 2.41. The molecule has 1 fully saturated rings. The highest BCUT2D eigenvalue weighted by molar-refractivity contribution is 9.10. The largest absolute Gasteiger partial charge is 0.489 e. The van der Waals surface area contributed by atoms with E-state index < -0.39 is 49.4 Å². The number of carbonyl (C=O) groups is 2. The molecule has 14 heteroatoms. The summed E-state index contributed by atoms with van der Waals surface area (Å²) < 4.78 is 35.0. The number of aryl methyl sites for hydroxylation is 1. The van der Waals surface area contributed by atoms with E-state index in [-0.39, 0.29) is 17.5 Å². The third kappa shape index (κ3) is 8.74. The highest BCUT2D eigenvalue weighted by atomic mass is 79.9. The average molecular weight is 742 g/mol. The van der Waals surface area contributed by atoms with Gasteiger partial charge in [-0.25, -0.2) is 13.1 Å². The highest BCUT2D eigenvalue weighted by Gasteiger charge is 2.34. The van der Waals surface area contributed by atoms with Crippen LogP contribution in [0.3, 0.4) is 0 Å². The molecule has 3 atom stereocenters. The molecule has 0 spiro atoms. The van der Waals surface area contributed by atoms with E-state index in [9.17, 15) is 28.1 Å². The number of ether oxygens (including phenoxy) is 1. The molecule has 244 valence electrons. The van der Waals surface area contributed by atoms with E-state index in [0.717, 1.165) is 33.8 Å². The predicted octanol–water partition coefficient (Wildman–Crippen LogP) is 5.33. The second kappa shape index (κ2) is 14.6. The summed E-state index contributed by atoms with van der Waals surface area (Å²) in [5.74, 6) is -0.880. The lowest BCUT2D eigenvalue weighted by atomic mass is 10.0. The second-order valence-corrected chi connectivity index (χ2v) is 14.1. The maximum atomic E-state index is 13.4. The summed E-state index contributed by atoms with van der Waals surface area (Å²) in [7, 11) is -4.55. The van der Waals surface area contributed by atoms with Gasteiger partial charge in [0, 0.05) is 29.9 Å². The molecule has 1 aliphatic heterocycles. The van der Waals surface area contributed by atoms with Crippen molar-refractivity contribution in [2.45, 2.75) is 42.8 Å². The molecule has 3 N–H and O–H groups in total. The van der Waals surface area contributed by atoms with Crippen LogP contribution in [0.4, 0.5) is 5.69 Å². The maximum Gasteiger partial charge on any atom is 0.289 e. The number of rotatable bonds is 11. The summed E-state index contributed by atoms with van der Waals surface area (Å²) >= 11 is 9.17. The van der Waals surface area contributed by atoms with Gasteiger partial charge in [-0.05, 0) is 60.0 Å². The van der Waals surface area contributed by atoms with Crippen LogP contribution < -0.4 is 20.1 Å². The van der Waals surface area contributed by atoms with Gasteiger partial charge in [0.05, 0.1) is 15.9 Å². The quantitative estimate of drug-likeness (QED) is 0.138. The second-order valence-electron chi connectivity index (χ2n) is 11.1. The molecule has 0 unspecified atom stereocenters. The van der Waals surface area contributed by atoms with Crippen molar-refractivity contribution in [2.75, 3.05) is 6.54 Å². The smallest absolute Gasteiger partial charge is 0.289 e. The fourth-order valence-corrected chi connectivity index (χ4v) is 6.55. The lowest BCUT2D eigenvalue weighted by Crippen LogP contribution is -2.53. The van der Waals surface area contributed by atoms with Gasteiger partial charge in [0.1, 0.15) is 22.9 Å². The van der Waals surface area contributed by atoms with Crippen LogP contribution >= 0.6 is 27.5 Å². The number of nitro groups is 1. The first-order valence-corrected chi connectivity index (χ1v) is 17.2. The topological polar surface area (TPSA) is 157 Å². The predicted molar refractivity (Wildman–Crippen MR) is 181 cm³/mol. The number of amides is 2. The Kier molecular flexibility index (Phi) is 10.6. The van der Waals surface area contributed by atoms with Gasteiger partial charge in [-0.15, -0.1) is 0 Å². The van der Waals surface area contributed by atoms with Crippen molar-refractivity contribution in [3.05, 3.63) is 122 Å². The molecule has 0 aromatic heterocycles. The molecule has 0 saturated carbocycles. The molecule has 47 heavy (non-hydrogen) atoms. The zero-order chi connectivity index (χ0) is 33.7. The van der Waals surface area contributed by atoms with Crippen molar-refractivity contribution in [2.24, 2.45) is 0 Å². The molecular weight excluding hydrogens is 712 g/mol. The Labute approximate surface area is 285 Å². The zero-order valence-corrected chi connectivity index (χ0v) is 28.1. The van der Waals surface area contributed by atoms with Gasteiger partial charge < -0.3 is 15.4 Å². The first kappa shape index (κ1) is 34.0. The Balaban J connectivity index is 1.25. The van der Waals surface area contributed by atoms with E-state index in [4.69, 9.17) is 16.3 Å². The van der Waals surface area contributed by atoms with Crippen LogP contribution in [0.1, 0.15) is 17.5 Å². The molecule has 0 radical (unpaired) electrons. The Morgan fingerprint density at radius 3 is 2.30 bits per heavy atom. The van der Waals surface area contributed by atoms with E-state index >= 15 is 0 Å². The molecule has 11 nitrogen and oxygen atoms in total. The van der Waals surface area contributed by atoms with Gasteiger partial charge in [0.2, 0.25) is 5.91 Å². The molecule has 1 saturated heterocycles. The van der Waals surface area contributed by atoms with Crippen LogP contribution in [0.2, 0.25) is 5.02 Å². The third-order valence-corrected chi connectivity index (χ3v) is 9.79.